The summed E-state index contributed by atoms with van der Waals surface area (Å²) in [5, 5.41) is 0. The Morgan fingerprint density at radius 2 is 0.673 bits per heavy atom. The van der Waals surface area contributed by atoms with Crippen molar-refractivity contribution in [2.24, 2.45) is 11.8 Å². The first kappa shape index (κ1) is 36.1. The topological polar surface area (TPSA) is 109 Å². The van der Waals surface area contributed by atoms with Crippen molar-refractivity contribution in [2.45, 2.75) is 6.42 Å². The van der Waals surface area contributed by atoms with E-state index in [1.54, 1.807) is 12.1 Å². The summed E-state index contributed by atoms with van der Waals surface area (Å²) in [7, 11) is -9.75. The second-order valence-corrected chi connectivity index (χ2v) is 16.4. The molecule has 0 aliphatic heterocycles. The lowest BCUT2D eigenvalue weighted by molar-refractivity contribution is 0.478. The molecule has 8 rings (SSSR count). The second kappa shape index (κ2) is 14.7. The summed E-state index contributed by atoms with van der Waals surface area (Å²) in [6.07, 6.45) is 2.83. The Bertz CT molecular complexity index is 2480. The normalized spacial score (nSPS) is 16.7. The summed E-state index contributed by atoms with van der Waals surface area (Å²) < 4.78 is 77.0. The van der Waals surface area contributed by atoms with Crippen molar-refractivity contribution < 1.29 is 25.9 Å². The lowest BCUT2D eigenvalue weighted by Crippen LogP contribution is -2.27. The molecule has 2 atom stereocenters. The van der Waals surface area contributed by atoms with Gasteiger partial charge in [0.1, 0.15) is 0 Å². The maximum Gasteiger partial charge on any atom is 0.291 e. The summed E-state index contributed by atoms with van der Waals surface area (Å²) in [5.41, 5.74) is 8.60. The minimum absolute atomic E-state index is 0.142. The van der Waals surface area contributed by atoms with Crippen LogP contribution < -0.4 is 0 Å². The second-order valence-electron chi connectivity index (χ2n) is 13.6. The van der Waals surface area contributed by atoms with Gasteiger partial charge in [0.25, 0.3) is 20.2 Å². The first-order chi connectivity index (χ1) is 26.6. The Morgan fingerprint density at radius 1 is 0.400 bits per heavy atom. The highest BCUT2D eigenvalue weighted by Crippen LogP contribution is 2.54. The van der Waals surface area contributed by atoms with Crippen LogP contribution in [0.5, 0.6) is 0 Å². The van der Waals surface area contributed by atoms with Crippen LogP contribution in [-0.4, -0.2) is 25.9 Å². The lowest BCUT2D eigenvalue weighted by Gasteiger charge is -2.36. The molecule has 272 valence electrons. The van der Waals surface area contributed by atoms with Crippen LogP contribution in [-0.2, 0) is 20.2 Å². The quantitative estimate of drug-likeness (QED) is 0.150. The molecule has 55 heavy (non-hydrogen) atoms. The molecule has 0 spiro atoms. The molecule has 0 aromatic heterocycles. The van der Waals surface area contributed by atoms with Gasteiger partial charge < -0.3 is 0 Å². The van der Waals surface area contributed by atoms with Gasteiger partial charge in [-0.3, -0.25) is 9.11 Å². The standard InChI is InChI=1S/C47H36O6S2/c48-54(49,50)42-29-36-25-13-15-27-38(36)46(44(32-17-5-1-6-18-32)33-19-7-2-8-20-33)40(42)31-41-43(55(51,52)53)30-37-26-14-16-28-39(37)47(41)45(34-21-9-3-10-22-34)35-23-11-4-12-24-35/h1-30,40-41H,31H2,(H,48,49,50)(H,51,52,53). The summed E-state index contributed by atoms with van der Waals surface area (Å²) in [5.74, 6) is -2.16. The van der Waals surface area contributed by atoms with Gasteiger partial charge in [-0.15, -0.1) is 0 Å². The van der Waals surface area contributed by atoms with Crippen molar-refractivity contribution in [3.8, 4) is 0 Å². The molecule has 0 heterocycles. The van der Waals surface area contributed by atoms with Crippen molar-refractivity contribution >= 4 is 54.7 Å². The van der Waals surface area contributed by atoms with Crippen LogP contribution in [0.25, 0.3) is 34.4 Å². The molecule has 6 nitrogen and oxygen atoms in total. The summed E-state index contributed by atoms with van der Waals surface area (Å²) in [6.45, 7) is 0. The van der Waals surface area contributed by atoms with Gasteiger partial charge in [0.2, 0.25) is 0 Å². The average molecular weight is 761 g/mol. The molecule has 0 radical (unpaired) electrons. The predicted molar refractivity (Wildman–Crippen MR) is 221 cm³/mol. The minimum Gasteiger partial charge on any atom is -0.282 e. The van der Waals surface area contributed by atoms with Crippen molar-refractivity contribution in [2.75, 3.05) is 0 Å². The van der Waals surface area contributed by atoms with Gasteiger partial charge in [-0.1, -0.05) is 170 Å². The first-order valence-corrected chi connectivity index (χ1v) is 20.7. The fourth-order valence-electron chi connectivity index (χ4n) is 8.11. The zero-order chi connectivity index (χ0) is 38.2. The van der Waals surface area contributed by atoms with Crippen molar-refractivity contribution in [1.82, 2.24) is 0 Å². The molecule has 6 aromatic rings. The van der Waals surface area contributed by atoms with E-state index in [-0.39, 0.29) is 16.2 Å². The smallest absolute Gasteiger partial charge is 0.282 e. The van der Waals surface area contributed by atoms with Gasteiger partial charge in [0, 0.05) is 11.8 Å². The van der Waals surface area contributed by atoms with Crippen LogP contribution in [0.3, 0.4) is 0 Å². The molecule has 0 bridgehead atoms. The molecule has 0 saturated heterocycles. The Morgan fingerprint density at radius 3 is 0.964 bits per heavy atom. The highest BCUT2D eigenvalue weighted by atomic mass is 32.2. The van der Waals surface area contributed by atoms with Gasteiger partial charge in [-0.25, -0.2) is 0 Å². The van der Waals surface area contributed by atoms with Crippen LogP contribution in [0.2, 0.25) is 0 Å². The monoisotopic (exact) mass is 760 g/mol. The van der Waals surface area contributed by atoms with Crippen molar-refractivity contribution in [1.29, 1.82) is 0 Å². The zero-order valence-corrected chi connectivity index (χ0v) is 31.2. The molecular formula is C47H36O6S2. The molecule has 0 saturated carbocycles. The Hall–Kier alpha value is -5.90. The third-order valence-electron chi connectivity index (χ3n) is 10.3. The molecule has 2 unspecified atom stereocenters. The highest BCUT2D eigenvalue weighted by Gasteiger charge is 2.42. The fourth-order valence-corrected chi connectivity index (χ4v) is 9.81. The van der Waals surface area contributed by atoms with Gasteiger partial charge >= 0.3 is 0 Å². The van der Waals surface area contributed by atoms with Crippen LogP contribution in [0, 0.1) is 11.8 Å². The average Bonchev–Trinajstić information content (AvgIpc) is 3.20. The van der Waals surface area contributed by atoms with Crippen LogP contribution in [0.4, 0.5) is 0 Å². The van der Waals surface area contributed by atoms with E-state index in [2.05, 4.69) is 0 Å². The molecule has 2 aliphatic rings. The first-order valence-electron chi connectivity index (χ1n) is 17.9. The van der Waals surface area contributed by atoms with Crippen molar-refractivity contribution in [3.05, 3.63) is 224 Å². The van der Waals surface area contributed by atoms with E-state index in [1.807, 2.05) is 158 Å². The molecule has 6 aromatic carbocycles. The summed E-state index contributed by atoms with van der Waals surface area (Å²) in [4.78, 5) is -0.529. The Balaban J connectivity index is 1.51. The molecule has 0 amide bonds. The number of fused-ring (bicyclic) bond motifs is 2. The van der Waals surface area contributed by atoms with Crippen molar-refractivity contribution in [3.63, 3.8) is 0 Å². The number of hydrogen-bond acceptors (Lipinski definition) is 4. The summed E-state index contributed by atoms with van der Waals surface area (Å²) >= 11 is 0. The van der Waals surface area contributed by atoms with E-state index < -0.39 is 32.1 Å². The predicted octanol–water partition coefficient (Wildman–Crippen LogP) is 10.4. The van der Waals surface area contributed by atoms with E-state index in [0.717, 1.165) is 44.5 Å². The van der Waals surface area contributed by atoms with Crippen LogP contribution in [0.1, 0.15) is 50.9 Å². The molecule has 2 N–H and O–H groups in total. The maximum absolute atomic E-state index is 13.7. The lowest BCUT2D eigenvalue weighted by atomic mass is 9.70. The molecular weight excluding hydrogens is 725 g/mol. The van der Waals surface area contributed by atoms with Crippen LogP contribution >= 0.6 is 0 Å². The van der Waals surface area contributed by atoms with Gasteiger partial charge in [-0.05, 0) is 85.4 Å². The number of rotatable bonds is 8. The molecule has 0 fully saturated rings. The third kappa shape index (κ3) is 7.09. The SMILES string of the molecule is O=S(=O)(O)C1=Cc2ccccc2C(=C(c2ccccc2)c2ccccc2)C1CC1C(S(=O)(=O)O)=Cc2ccccc2C1=C(c1ccccc1)c1ccccc1. The molecule has 2 aliphatic carbocycles. The Kier molecular flexibility index (Phi) is 9.67. The zero-order valence-electron chi connectivity index (χ0n) is 29.5. The van der Waals surface area contributed by atoms with Crippen LogP contribution in [0.15, 0.2) is 180 Å². The van der Waals surface area contributed by atoms with E-state index >= 15 is 0 Å². The van der Waals surface area contributed by atoms with E-state index in [0.29, 0.717) is 22.3 Å². The van der Waals surface area contributed by atoms with Gasteiger partial charge in [0.15, 0.2) is 0 Å². The Labute approximate surface area is 321 Å². The third-order valence-corrected chi connectivity index (χ3v) is 12.3. The maximum atomic E-state index is 13.7. The van der Waals surface area contributed by atoms with Gasteiger partial charge in [-0.2, -0.15) is 16.8 Å². The van der Waals surface area contributed by atoms with E-state index in [9.17, 15) is 25.9 Å². The van der Waals surface area contributed by atoms with E-state index in [4.69, 9.17) is 0 Å². The van der Waals surface area contributed by atoms with E-state index in [1.165, 1.54) is 12.2 Å². The fraction of sp³-hybridized carbons (Fsp3) is 0.0638. The number of allylic oxidation sites excluding steroid dienone is 4. The largest absolute Gasteiger partial charge is 0.291 e. The van der Waals surface area contributed by atoms with Gasteiger partial charge in [0.05, 0.1) is 9.81 Å². The summed E-state index contributed by atoms with van der Waals surface area (Å²) in [6, 6.07) is 53.3. The minimum atomic E-state index is -4.88. The number of benzene rings is 6. The highest BCUT2D eigenvalue weighted by molar-refractivity contribution is 7.90. The molecule has 8 heteroatoms. The number of hydrogen-bond donors (Lipinski definition) is 2.